The zero-order valence-electron chi connectivity index (χ0n) is 19.8. The number of ether oxygens (including phenoxy) is 2. The van der Waals surface area contributed by atoms with E-state index < -0.39 is 5.82 Å². The van der Waals surface area contributed by atoms with Gasteiger partial charge in [0.25, 0.3) is 0 Å². The number of morpholine rings is 1. The Bertz CT molecular complexity index is 1140. The van der Waals surface area contributed by atoms with Gasteiger partial charge in [-0.2, -0.15) is 0 Å². The molecule has 2 saturated heterocycles. The molecule has 0 bridgehead atoms. The Labute approximate surface area is 199 Å². The maximum Gasteiger partial charge on any atom is 0.227 e. The minimum absolute atomic E-state index is 0.221. The Hall–Kier alpha value is -2.88. The van der Waals surface area contributed by atoms with E-state index in [1.807, 2.05) is 13.0 Å². The molecule has 9 heteroatoms. The summed E-state index contributed by atoms with van der Waals surface area (Å²) < 4.78 is 27.9. The second-order valence-electron chi connectivity index (χ2n) is 8.95. The zero-order chi connectivity index (χ0) is 23.5. The molecule has 0 amide bonds. The molecule has 2 aliphatic rings. The molecule has 0 radical (unpaired) electrons. The van der Waals surface area contributed by atoms with Crippen molar-refractivity contribution in [1.82, 2.24) is 24.4 Å². The van der Waals surface area contributed by atoms with Gasteiger partial charge in [0.1, 0.15) is 11.5 Å². The molecular weight excluding hydrogens is 435 g/mol. The highest BCUT2D eigenvalue weighted by molar-refractivity contribution is 5.61. The van der Waals surface area contributed by atoms with Crippen LogP contribution in [0.3, 0.4) is 0 Å². The number of rotatable bonds is 6. The van der Waals surface area contributed by atoms with Crippen LogP contribution in [0.1, 0.15) is 35.8 Å². The smallest absolute Gasteiger partial charge is 0.227 e. The van der Waals surface area contributed by atoms with Crippen molar-refractivity contribution in [2.24, 2.45) is 0 Å². The Morgan fingerprint density at radius 2 is 1.79 bits per heavy atom. The predicted molar refractivity (Wildman–Crippen MR) is 128 cm³/mol. The van der Waals surface area contributed by atoms with E-state index in [2.05, 4.69) is 48.8 Å². The molecular formula is C25H31FN6O2. The van der Waals surface area contributed by atoms with Crippen LogP contribution in [0, 0.1) is 19.7 Å². The largest absolute Gasteiger partial charge is 0.381 e. The standard InChI is InChI=1S/C25H31FN6O2/c1-17-13-20(4-3-19(17)16-31-7-11-34-12-8-31)29-25-28-14-22(26)24(30-25)23-15-27-18(2)32(23)21-5-9-33-10-6-21/h3-4,13-15,21H,5-12,16H2,1-2H3,(H,28,29,30). The van der Waals surface area contributed by atoms with Crippen LogP contribution in [0.5, 0.6) is 0 Å². The summed E-state index contributed by atoms with van der Waals surface area (Å²) in [6, 6.07) is 6.45. The van der Waals surface area contributed by atoms with E-state index in [9.17, 15) is 4.39 Å². The van der Waals surface area contributed by atoms with Crippen LogP contribution in [0.4, 0.5) is 16.0 Å². The van der Waals surface area contributed by atoms with E-state index in [0.717, 1.165) is 57.2 Å². The van der Waals surface area contributed by atoms with E-state index in [1.54, 1.807) is 6.20 Å². The first-order valence-corrected chi connectivity index (χ1v) is 11.9. The van der Waals surface area contributed by atoms with Gasteiger partial charge in [-0.3, -0.25) is 4.90 Å². The SMILES string of the molecule is Cc1cc(Nc2ncc(F)c(-c3cnc(C)n3C3CCOCC3)n2)ccc1CN1CCOCC1. The van der Waals surface area contributed by atoms with Gasteiger partial charge in [-0.05, 0) is 49.9 Å². The van der Waals surface area contributed by atoms with E-state index in [-0.39, 0.29) is 11.7 Å². The minimum atomic E-state index is -0.462. The molecule has 1 N–H and O–H groups in total. The molecule has 0 aliphatic carbocycles. The second kappa shape index (κ2) is 10.2. The number of imidazole rings is 1. The van der Waals surface area contributed by atoms with Crippen LogP contribution in [0.15, 0.2) is 30.6 Å². The highest BCUT2D eigenvalue weighted by atomic mass is 19.1. The monoisotopic (exact) mass is 466 g/mol. The van der Waals surface area contributed by atoms with E-state index in [4.69, 9.17) is 9.47 Å². The number of benzene rings is 1. The molecule has 5 rings (SSSR count). The van der Waals surface area contributed by atoms with Crippen molar-refractivity contribution in [2.45, 2.75) is 39.3 Å². The third-order valence-electron chi connectivity index (χ3n) is 6.62. The molecule has 8 nitrogen and oxygen atoms in total. The van der Waals surface area contributed by atoms with Gasteiger partial charge < -0.3 is 19.4 Å². The number of halogens is 1. The summed E-state index contributed by atoms with van der Waals surface area (Å²) >= 11 is 0. The van der Waals surface area contributed by atoms with E-state index >= 15 is 0 Å². The van der Waals surface area contributed by atoms with E-state index in [0.29, 0.717) is 24.9 Å². The van der Waals surface area contributed by atoms with Gasteiger partial charge in [0.15, 0.2) is 5.82 Å². The van der Waals surface area contributed by atoms with Crippen molar-refractivity contribution >= 4 is 11.6 Å². The number of anilines is 2. The zero-order valence-corrected chi connectivity index (χ0v) is 19.8. The molecule has 4 heterocycles. The van der Waals surface area contributed by atoms with Gasteiger partial charge in [-0.15, -0.1) is 0 Å². The quantitative estimate of drug-likeness (QED) is 0.588. The molecule has 180 valence electrons. The van der Waals surface area contributed by atoms with Gasteiger partial charge in [-0.25, -0.2) is 19.3 Å². The third kappa shape index (κ3) is 4.96. The fourth-order valence-electron chi connectivity index (χ4n) is 4.72. The van der Waals surface area contributed by atoms with Crippen LogP contribution < -0.4 is 5.32 Å². The lowest BCUT2D eigenvalue weighted by molar-refractivity contribution is 0.0341. The maximum atomic E-state index is 14.9. The maximum absolute atomic E-state index is 14.9. The first kappa shape index (κ1) is 22.9. The molecule has 0 saturated carbocycles. The van der Waals surface area contributed by atoms with Crippen molar-refractivity contribution in [2.75, 3.05) is 44.8 Å². The number of aromatic nitrogens is 4. The first-order valence-electron chi connectivity index (χ1n) is 11.9. The van der Waals surface area contributed by atoms with Crippen LogP contribution in [-0.2, 0) is 16.0 Å². The van der Waals surface area contributed by atoms with Gasteiger partial charge >= 0.3 is 0 Å². The Morgan fingerprint density at radius 1 is 1.03 bits per heavy atom. The van der Waals surface area contributed by atoms with Gasteiger partial charge in [0.2, 0.25) is 5.95 Å². The summed E-state index contributed by atoms with van der Waals surface area (Å²) in [6.07, 6.45) is 4.67. The number of hydrogen-bond donors (Lipinski definition) is 1. The predicted octanol–water partition coefficient (Wildman–Crippen LogP) is 4.02. The molecule has 3 aromatic rings. The molecule has 0 spiro atoms. The van der Waals surface area contributed by atoms with Crippen LogP contribution >= 0.6 is 0 Å². The highest BCUT2D eigenvalue weighted by Crippen LogP contribution is 2.31. The van der Waals surface area contributed by atoms with Gasteiger partial charge in [0, 0.05) is 44.6 Å². The van der Waals surface area contributed by atoms with Crippen molar-refractivity contribution < 1.29 is 13.9 Å². The van der Waals surface area contributed by atoms with Crippen LogP contribution in [0.2, 0.25) is 0 Å². The summed E-state index contributed by atoms with van der Waals surface area (Å²) in [4.78, 5) is 15.6. The van der Waals surface area contributed by atoms with Crippen molar-refractivity contribution in [1.29, 1.82) is 0 Å². The summed E-state index contributed by atoms with van der Waals surface area (Å²) in [5.74, 6) is 0.741. The third-order valence-corrected chi connectivity index (χ3v) is 6.62. The molecule has 2 aliphatic heterocycles. The molecule has 2 fully saturated rings. The molecule has 0 unspecified atom stereocenters. The van der Waals surface area contributed by atoms with Gasteiger partial charge in [-0.1, -0.05) is 6.07 Å². The molecule has 1 aromatic carbocycles. The molecule has 2 aromatic heterocycles. The van der Waals surface area contributed by atoms with Gasteiger partial charge in [0.05, 0.1) is 31.3 Å². The van der Waals surface area contributed by atoms with Crippen molar-refractivity contribution in [3.63, 3.8) is 0 Å². The number of aryl methyl sites for hydroxylation is 2. The minimum Gasteiger partial charge on any atom is -0.381 e. The Morgan fingerprint density at radius 3 is 2.56 bits per heavy atom. The molecule has 0 atom stereocenters. The lowest BCUT2D eigenvalue weighted by atomic mass is 10.1. The average Bonchev–Trinajstić information content (AvgIpc) is 3.24. The number of nitrogens with one attached hydrogen (secondary N) is 1. The topological polar surface area (TPSA) is 77.3 Å². The lowest BCUT2D eigenvalue weighted by Gasteiger charge is -2.27. The highest BCUT2D eigenvalue weighted by Gasteiger charge is 2.23. The molecule has 34 heavy (non-hydrogen) atoms. The fraction of sp³-hybridized carbons (Fsp3) is 0.480. The van der Waals surface area contributed by atoms with Crippen LogP contribution in [0.25, 0.3) is 11.4 Å². The van der Waals surface area contributed by atoms with Crippen LogP contribution in [-0.4, -0.2) is 63.9 Å². The van der Waals surface area contributed by atoms with E-state index in [1.165, 1.54) is 17.3 Å². The fourth-order valence-corrected chi connectivity index (χ4v) is 4.72. The second-order valence-corrected chi connectivity index (χ2v) is 8.95. The summed E-state index contributed by atoms with van der Waals surface area (Å²) in [6.45, 7) is 9.83. The number of hydrogen-bond acceptors (Lipinski definition) is 7. The summed E-state index contributed by atoms with van der Waals surface area (Å²) in [5.41, 5.74) is 4.26. The Kier molecular flexibility index (Phi) is 6.85. The first-order chi connectivity index (χ1) is 16.6. The Balaban J connectivity index is 1.36. The normalized spacial score (nSPS) is 17.7. The van der Waals surface area contributed by atoms with Crippen molar-refractivity contribution in [3.8, 4) is 11.4 Å². The average molecular weight is 467 g/mol. The number of nitrogens with zero attached hydrogens (tertiary/aromatic N) is 5. The lowest BCUT2D eigenvalue weighted by Crippen LogP contribution is -2.35. The van der Waals surface area contributed by atoms with Crippen molar-refractivity contribution in [3.05, 3.63) is 53.4 Å². The summed E-state index contributed by atoms with van der Waals surface area (Å²) in [5, 5.41) is 3.25. The summed E-state index contributed by atoms with van der Waals surface area (Å²) in [7, 11) is 0.